The summed E-state index contributed by atoms with van der Waals surface area (Å²) in [5.74, 6) is -5.02. The second-order valence-corrected chi connectivity index (χ2v) is 24.6. The fourth-order valence-corrected chi connectivity index (χ4v) is 13.0. The minimum absolute atomic E-state index is 0. The van der Waals surface area contributed by atoms with E-state index in [9.17, 15) is 35.9 Å². The maximum Gasteiger partial charge on any atom is 0.416 e. The predicted molar refractivity (Wildman–Crippen MR) is 361 cm³/mol. The van der Waals surface area contributed by atoms with Gasteiger partial charge in [0.1, 0.15) is 64.7 Å². The topological polar surface area (TPSA) is 164 Å². The fourth-order valence-electron chi connectivity index (χ4n) is 13.0. The molecule has 1 atom stereocenters. The number of ketones is 2. The summed E-state index contributed by atoms with van der Waals surface area (Å²) in [5, 5.41) is 0. The lowest BCUT2D eigenvalue weighted by molar-refractivity contribution is -0.139. The Kier molecular flexibility index (Phi) is 23.8. The van der Waals surface area contributed by atoms with E-state index in [1.165, 1.54) is 49.3 Å². The first-order valence-electron chi connectivity index (χ1n) is 32.5. The van der Waals surface area contributed by atoms with Crippen LogP contribution in [0.2, 0.25) is 0 Å². The van der Waals surface area contributed by atoms with Gasteiger partial charge in [-0.2, -0.15) is 26.3 Å². The Labute approximate surface area is 578 Å². The Morgan fingerprint density at radius 1 is 0.560 bits per heavy atom. The largest absolute Gasteiger partial charge is 0.416 e. The summed E-state index contributed by atoms with van der Waals surface area (Å²) in [6.07, 6.45) is 1.27. The molecule has 13 rings (SSSR count). The third-order valence-electron chi connectivity index (χ3n) is 18.5. The Morgan fingerprint density at radius 3 is 1.53 bits per heavy atom. The molecule has 0 N–H and O–H groups in total. The summed E-state index contributed by atoms with van der Waals surface area (Å²) in [4.78, 5) is 70.2. The van der Waals surface area contributed by atoms with E-state index in [1.54, 1.807) is 36.8 Å². The summed E-state index contributed by atoms with van der Waals surface area (Å²) < 4.78 is 155. The summed E-state index contributed by atoms with van der Waals surface area (Å²) in [6, 6.07) is 18.3. The highest BCUT2D eigenvalue weighted by molar-refractivity contribution is 5.98. The molecule has 0 saturated carbocycles. The summed E-state index contributed by atoms with van der Waals surface area (Å²) in [6.45, 7) is 12.4. The molecule has 100 heavy (non-hydrogen) atoms. The number of imidazole rings is 1. The van der Waals surface area contributed by atoms with E-state index in [0.29, 0.717) is 90.0 Å². The number of carbonyl (C=O) groups excluding carboxylic acids is 2. The monoisotopic (exact) mass is 1410 g/mol. The zero-order valence-corrected chi connectivity index (χ0v) is 55.0. The number of likely N-dealkylation sites (N-methyl/N-ethyl adjacent to an activating group) is 2. The normalized spacial score (nSPS) is 16.2. The fraction of sp³-hybridized carbons (Fsp3) is 0.370. The van der Waals surface area contributed by atoms with E-state index in [2.05, 4.69) is 49.7 Å². The molecule has 0 amide bonds. The van der Waals surface area contributed by atoms with E-state index < -0.39 is 71.2 Å². The van der Waals surface area contributed by atoms with Crippen molar-refractivity contribution >= 4 is 47.0 Å². The Balaban J connectivity index is 0.000000213. The molecule has 16 nitrogen and oxygen atoms in total. The molecule has 526 valence electrons. The smallest absolute Gasteiger partial charge is 0.358 e. The number of pyridine rings is 2. The molecule has 0 spiro atoms. The van der Waals surface area contributed by atoms with Gasteiger partial charge in [0.15, 0.2) is 17.2 Å². The second-order valence-electron chi connectivity index (χ2n) is 24.6. The van der Waals surface area contributed by atoms with Crippen LogP contribution in [-0.4, -0.2) is 149 Å². The van der Waals surface area contributed by atoms with Gasteiger partial charge in [-0.15, -0.1) is 12.4 Å². The number of hydrogen-bond donors (Lipinski definition) is 0. The minimum atomic E-state index is -4.69. The third kappa shape index (κ3) is 16.6. The van der Waals surface area contributed by atoms with Crippen molar-refractivity contribution in [1.29, 1.82) is 0 Å². The lowest BCUT2D eigenvalue weighted by Gasteiger charge is -2.34. The zero-order valence-electron chi connectivity index (χ0n) is 54.2. The number of nitrogens with zero attached hydrogens (tertiary/aromatic N) is 13. The molecule has 4 aliphatic heterocycles. The summed E-state index contributed by atoms with van der Waals surface area (Å²) in [5.41, 5.74) is 2.02. The van der Waals surface area contributed by atoms with Crippen LogP contribution in [0.4, 0.5) is 49.6 Å². The maximum absolute atomic E-state index is 16.1. The Hall–Kier alpha value is -8.79. The highest BCUT2D eigenvalue weighted by Crippen LogP contribution is 2.39. The number of halogens is 11. The predicted octanol–water partition coefficient (Wildman–Crippen LogP) is 14.3. The van der Waals surface area contributed by atoms with Gasteiger partial charge in [0, 0.05) is 156 Å². The van der Waals surface area contributed by atoms with Gasteiger partial charge in [-0.1, -0.05) is 57.7 Å². The van der Waals surface area contributed by atoms with Crippen LogP contribution in [0.1, 0.15) is 129 Å². The van der Waals surface area contributed by atoms with Crippen LogP contribution in [0.25, 0.3) is 33.7 Å². The van der Waals surface area contributed by atoms with Crippen molar-refractivity contribution in [3.8, 4) is 22.5 Å². The number of alkyl halides is 6. The van der Waals surface area contributed by atoms with Gasteiger partial charge in [-0.05, 0) is 103 Å². The van der Waals surface area contributed by atoms with Gasteiger partial charge in [-0.3, -0.25) is 38.9 Å². The van der Waals surface area contributed by atoms with Crippen LogP contribution >= 0.6 is 12.4 Å². The minimum Gasteiger partial charge on any atom is -0.358 e. The maximum atomic E-state index is 16.1. The van der Waals surface area contributed by atoms with E-state index >= 15 is 17.6 Å². The first-order valence-corrected chi connectivity index (χ1v) is 32.5. The number of benzene rings is 4. The quantitative estimate of drug-likeness (QED) is 0.0555. The average molecular weight is 1410 g/mol. The molecule has 0 bridgehead atoms. The van der Waals surface area contributed by atoms with Crippen LogP contribution in [0.15, 0.2) is 121 Å². The van der Waals surface area contributed by atoms with E-state index in [4.69, 9.17) is 4.74 Å². The highest BCUT2D eigenvalue weighted by atomic mass is 35.5. The van der Waals surface area contributed by atoms with Crippen LogP contribution in [0, 0.1) is 23.3 Å². The van der Waals surface area contributed by atoms with Crippen molar-refractivity contribution in [1.82, 2.24) is 59.1 Å². The highest BCUT2D eigenvalue weighted by Gasteiger charge is 2.37. The Morgan fingerprint density at radius 2 is 1.04 bits per heavy atom. The molecule has 1 unspecified atom stereocenters. The zero-order chi connectivity index (χ0) is 68.8. The van der Waals surface area contributed by atoms with Crippen molar-refractivity contribution < 1.29 is 58.2 Å². The number of hydrogen-bond acceptors (Lipinski definition) is 15. The number of piperazine rings is 2. The first-order chi connectivity index (χ1) is 47.2. The van der Waals surface area contributed by atoms with E-state index in [0.717, 1.165) is 101 Å². The standard InChI is InChI=1S/C38H38F5N7O2.C34H31F5N6O.CH4.ClH/c1-2-48-13-15-49(16-14-48)21-26-9-8-24(18-29(26)38(41,42)43)32(51)19-25-10-11-30(39)28(34(25)40)20-31-27(6-5-12-44-31)35-36-37(46-22-45-35)50(23-47-36)33-7-3-4-17-52-33;1-2-44-12-14-45(15-13-44)19-23-6-5-21(16-26(23)34(37,38)39)30(46)17-22-7-8-27(35)25(31(22)36)18-29-24(4-3-10-40-29)32-33-28(9-11-41-33)42-20-43-32;;/h5-6,8-12,18,22-23,33H,2-4,7,13-17,19-21H2,1H3;3-8,10-11,16,20H,2,9,12-15,17-19H2,1H3;1H4;1H. The number of Topliss-reactive ketones (excluding diaryl/α,β-unsaturated/α-hetero) is 2. The molecule has 9 aromatic rings. The number of aromatic nitrogens is 8. The van der Waals surface area contributed by atoms with Crippen LogP contribution in [0.3, 0.4) is 0 Å². The third-order valence-corrected chi connectivity index (χ3v) is 18.5. The van der Waals surface area contributed by atoms with Gasteiger partial charge in [-0.25, -0.2) is 42.5 Å². The molecular formula is C73H74ClF10N13O3. The average Bonchev–Trinajstić information content (AvgIpc) is 1.58. The lowest BCUT2D eigenvalue weighted by atomic mass is 9.95. The number of carbonyl (C=O) groups is 2. The number of aliphatic imine (C=N–C) groups is 1. The molecule has 9 heterocycles. The van der Waals surface area contributed by atoms with E-state index in [1.807, 2.05) is 28.2 Å². The second kappa shape index (κ2) is 32.2. The van der Waals surface area contributed by atoms with Crippen molar-refractivity contribution in [2.75, 3.05) is 72.1 Å². The van der Waals surface area contributed by atoms with Gasteiger partial charge in [0.25, 0.3) is 0 Å². The molecule has 4 aromatic carbocycles. The van der Waals surface area contributed by atoms with E-state index in [-0.39, 0.29) is 96.5 Å². The molecule has 5 aromatic heterocycles. The lowest BCUT2D eigenvalue weighted by Crippen LogP contribution is -2.45. The van der Waals surface area contributed by atoms with Crippen molar-refractivity contribution in [3.63, 3.8) is 0 Å². The van der Waals surface area contributed by atoms with Crippen molar-refractivity contribution in [2.45, 2.75) is 104 Å². The molecule has 0 radical (unpaired) electrons. The van der Waals surface area contributed by atoms with Gasteiger partial charge in [0.05, 0.1) is 34.5 Å². The number of ether oxygens (including phenoxy) is 1. The van der Waals surface area contributed by atoms with Crippen LogP contribution < -0.4 is 0 Å². The molecule has 0 aliphatic carbocycles. The molecule has 27 heteroatoms. The molecule has 3 fully saturated rings. The summed E-state index contributed by atoms with van der Waals surface area (Å²) in [7, 11) is 0. The van der Waals surface area contributed by atoms with Gasteiger partial charge >= 0.3 is 12.4 Å². The molecule has 3 saturated heterocycles. The number of fused-ring (bicyclic) bond motifs is 2. The van der Waals surface area contributed by atoms with Crippen LogP contribution in [0.5, 0.6) is 0 Å². The van der Waals surface area contributed by atoms with Crippen molar-refractivity contribution in [2.24, 2.45) is 4.99 Å². The molecule has 4 aliphatic rings. The van der Waals surface area contributed by atoms with Crippen LogP contribution in [-0.2, 0) is 62.3 Å². The summed E-state index contributed by atoms with van der Waals surface area (Å²) >= 11 is 0. The number of rotatable bonds is 19. The SMILES string of the molecule is C.CCN1CCN(Cc2ccc(C(=O)Cc3ccc(F)c(Cc4ncccc4-c4ncnc5c4N=CC5)c3F)cc2C(F)(F)F)CC1.CCN1CCN(Cc2ccc(C(=O)Cc3ccc(F)c(Cc4ncccc4-c4ncnc5c4ncn5C4CCCCO4)c3F)cc2C(F)(F)F)CC1.Cl. The van der Waals surface area contributed by atoms with Gasteiger partial charge in [0.2, 0.25) is 0 Å². The van der Waals surface area contributed by atoms with Crippen molar-refractivity contribution in [3.05, 3.63) is 212 Å². The van der Waals surface area contributed by atoms with Gasteiger partial charge < -0.3 is 14.5 Å². The Bertz CT molecular complexity index is 4430. The first kappa shape index (κ1) is 73.9. The molecular weight excluding hydrogens is 1330 g/mol.